The Labute approximate surface area is 151 Å². The highest BCUT2D eigenvalue weighted by Gasteiger charge is 2.24. The minimum Gasteiger partial charge on any atom is -0.327 e. The van der Waals surface area contributed by atoms with Crippen LogP contribution in [0, 0.1) is 12.7 Å². The summed E-state index contributed by atoms with van der Waals surface area (Å²) in [7, 11) is 0. The van der Waals surface area contributed by atoms with Gasteiger partial charge in [-0.2, -0.15) is 0 Å². The molecule has 0 aliphatic carbocycles. The van der Waals surface area contributed by atoms with Gasteiger partial charge in [-0.15, -0.1) is 0 Å². The van der Waals surface area contributed by atoms with Gasteiger partial charge in [0.15, 0.2) is 0 Å². The van der Waals surface area contributed by atoms with Crippen LogP contribution in [0.2, 0.25) is 0 Å². The normalized spacial score (nSPS) is 13.3. The van der Waals surface area contributed by atoms with Crippen LogP contribution in [0.4, 0.5) is 4.39 Å². The summed E-state index contributed by atoms with van der Waals surface area (Å²) in [5.41, 5.74) is 5.37. The van der Waals surface area contributed by atoms with Gasteiger partial charge in [0, 0.05) is 35.7 Å². The maximum atomic E-state index is 14.6. The molecular weight excluding hydrogens is 325 g/mol. The molecule has 128 valence electrons. The van der Waals surface area contributed by atoms with E-state index in [1.165, 1.54) is 6.07 Å². The summed E-state index contributed by atoms with van der Waals surface area (Å²) in [6, 6.07) is 15.4. The first kappa shape index (κ1) is 15.3. The van der Waals surface area contributed by atoms with Crippen molar-refractivity contribution in [2.24, 2.45) is 0 Å². The Morgan fingerprint density at radius 3 is 2.92 bits per heavy atom. The van der Waals surface area contributed by atoms with E-state index in [9.17, 15) is 4.39 Å². The van der Waals surface area contributed by atoms with E-state index in [0.717, 1.165) is 58.6 Å². The smallest absolute Gasteiger partial charge is 0.132 e. The fourth-order valence-electron chi connectivity index (χ4n) is 3.85. The average molecular weight is 343 g/mol. The fourth-order valence-corrected chi connectivity index (χ4v) is 3.85. The minimum atomic E-state index is -0.226. The number of fused-ring (bicyclic) bond motifs is 2. The average Bonchev–Trinajstić information content (AvgIpc) is 3.24. The number of pyridine rings is 1. The van der Waals surface area contributed by atoms with Crippen LogP contribution >= 0.6 is 0 Å². The second-order valence-electron chi connectivity index (χ2n) is 6.87. The molecular formula is C22H18FN3. The number of benzene rings is 2. The summed E-state index contributed by atoms with van der Waals surface area (Å²) in [6.07, 6.45) is 3.82. The standard InChI is InChI=1S/C22H18FN3/c1-14-6-8-18(23)17(12-14)21-22(26-11-3-5-20(26)25-21)16-7-9-19-15(13-16)4-2-10-24-19/h2,4,6-10,12-13H,3,5,11H2,1H3. The van der Waals surface area contributed by atoms with Crippen molar-refractivity contribution in [1.29, 1.82) is 0 Å². The largest absolute Gasteiger partial charge is 0.327 e. The second kappa shape index (κ2) is 5.77. The van der Waals surface area contributed by atoms with Crippen LogP contribution in [-0.2, 0) is 13.0 Å². The van der Waals surface area contributed by atoms with Crippen molar-refractivity contribution in [3.63, 3.8) is 0 Å². The van der Waals surface area contributed by atoms with Crippen molar-refractivity contribution in [2.45, 2.75) is 26.3 Å². The summed E-state index contributed by atoms with van der Waals surface area (Å²) < 4.78 is 16.9. The molecule has 2 aromatic carbocycles. The molecule has 3 nitrogen and oxygen atoms in total. The number of aromatic nitrogens is 3. The zero-order valence-corrected chi connectivity index (χ0v) is 14.5. The van der Waals surface area contributed by atoms with E-state index in [2.05, 4.69) is 27.8 Å². The molecule has 26 heavy (non-hydrogen) atoms. The highest BCUT2D eigenvalue weighted by molar-refractivity contribution is 5.87. The van der Waals surface area contributed by atoms with Crippen LogP contribution in [-0.4, -0.2) is 14.5 Å². The molecule has 0 atom stereocenters. The van der Waals surface area contributed by atoms with E-state index in [1.807, 2.05) is 25.1 Å². The van der Waals surface area contributed by atoms with Gasteiger partial charge in [-0.1, -0.05) is 23.8 Å². The Morgan fingerprint density at radius 2 is 2.00 bits per heavy atom. The summed E-state index contributed by atoms with van der Waals surface area (Å²) in [5, 5.41) is 1.08. The lowest BCUT2D eigenvalue weighted by Crippen LogP contribution is -1.97. The summed E-state index contributed by atoms with van der Waals surface area (Å²) in [5.74, 6) is 0.818. The highest BCUT2D eigenvalue weighted by atomic mass is 19.1. The van der Waals surface area contributed by atoms with Gasteiger partial charge in [-0.3, -0.25) is 4.98 Å². The lowest BCUT2D eigenvalue weighted by Gasteiger charge is -2.10. The first-order valence-corrected chi connectivity index (χ1v) is 8.92. The number of rotatable bonds is 2. The van der Waals surface area contributed by atoms with Gasteiger partial charge < -0.3 is 4.57 Å². The molecule has 4 aromatic rings. The summed E-state index contributed by atoms with van der Waals surface area (Å²) in [4.78, 5) is 9.23. The van der Waals surface area contributed by atoms with E-state index in [4.69, 9.17) is 4.98 Å². The number of hydrogen-bond donors (Lipinski definition) is 0. The molecule has 0 saturated heterocycles. The van der Waals surface area contributed by atoms with Crippen molar-refractivity contribution < 1.29 is 4.39 Å². The third-order valence-electron chi connectivity index (χ3n) is 5.08. The Kier molecular flexibility index (Phi) is 3.38. The number of hydrogen-bond acceptors (Lipinski definition) is 2. The zero-order valence-electron chi connectivity index (χ0n) is 14.5. The molecule has 4 heteroatoms. The van der Waals surface area contributed by atoms with Gasteiger partial charge in [0.25, 0.3) is 0 Å². The van der Waals surface area contributed by atoms with Crippen molar-refractivity contribution in [3.05, 3.63) is 71.9 Å². The van der Waals surface area contributed by atoms with Gasteiger partial charge in [0.1, 0.15) is 11.6 Å². The van der Waals surface area contributed by atoms with Crippen molar-refractivity contribution in [2.75, 3.05) is 0 Å². The molecule has 1 aliphatic heterocycles. The lowest BCUT2D eigenvalue weighted by molar-refractivity contribution is 0.630. The third kappa shape index (κ3) is 2.33. The molecule has 5 rings (SSSR count). The van der Waals surface area contributed by atoms with Crippen LogP contribution in [0.5, 0.6) is 0 Å². The van der Waals surface area contributed by atoms with Crippen LogP contribution in [0.1, 0.15) is 17.8 Å². The van der Waals surface area contributed by atoms with Gasteiger partial charge in [-0.05, 0) is 43.7 Å². The molecule has 0 N–H and O–H groups in total. The fraction of sp³-hybridized carbons (Fsp3) is 0.182. The van der Waals surface area contributed by atoms with E-state index >= 15 is 0 Å². The molecule has 0 fully saturated rings. The van der Waals surface area contributed by atoms with E-state index in [-0.39, 0.29) is 5.82 Å². The molecule has 0 amide bonds. The molecule has 0 saturated carbocycles. The highest BCUT2D eigenvalue weighted by Crippen LogP contribution is 2.37. The van der Waals surface area contributed by atoms with Crippen LogP contribution in [0.25, 0.3) is 33.4 Å². The predicted octanol–water partition coefficient (Wildman–Crippen LogP) is 5.16. The molecule has 0 bridgehead atoms. The first-order valence-electron chi connectivity index (χ1n) is 8.92. The quantitative estimate of drug-likeness (QED) is 0.503. The molecule has 0 spiro atoms. The van der Waals surface area contributed by atoms with Gasteiger partial charge in [0.05, 0.1) is 16.9 Å². The van der Waals surface area contributed by atoms with Crippen LogP contribution < -0.4 is 0 Å². The van der Waals surface area contributed by atoms with Gasteiger partial charge >= 0.3 is 0 Å². The van der Waals surface area contributed by atoms with Crippen molar-refractivity contribution in [3.8, 4) is 22.5 Å². The van der Waals surface area contributed by atoms with E-state index < -0.39 is 0 Å². The first-order chi connectivity index (χ1) is 12.7. The Hall–Kier alpha value is -3.01. The van der Waals surface area contributed by atoms with Crippen LogP contribution in [0.3, 0.4) is 0 Å². The lowest BCUT2D eigenvalue weighted by atomic mass is 10.0. The number of nitrogens with zero attached hydrogens (tertiary/aromatic N) is 3. The van der Waals surface area contributed by atoms with Gasteiger partial charge in [-0.25, -0.2) is 9.37 Å². The Bertz CT molecular complexity index is 1140. The summed E-state index contributed by atoms with van der Waals surface area (Å²) >= 11 is 0. The molecule has 0 radical (unpaired) electrons. The van der Waals surface area contributed by atoms with Crippen molar-refractivity contribution >= 4 is 10.9 Å². The topological polar surface area (TPSA) is 30.7 Å². The van der Waals surface area contributed by atoms with E-state index in [0.29, 0.717) is 5.56 Å². The predicted molar refractivity (Wildman–Crippen MR) is 101 cm³/mol. The molecule has 1 aliphatic rings. The third-order valence-corrected chi connectivity index (χ3v) is 5.08. The Morgan fingerprint density at radius 1 is 1.08 bits per heavy atom. The molecule has 3 heterocycles. The van der Waals surface area contributed by atoms with Crippen molar-refractivity contribution in [1.82, 2.24) is 14.5 Å². The zero-order chi connectivity index (χ0) is 17.7. The minimum absolute atomic E-state index is 0.226. The number of imidazole rings is 1. The van der Waals surface area contributed by atoms with Gasteiger partial charge in [0.2, 0.25) is 0 Å². The monoisotopic (exact) mass is 343 g/mol. The number of aryl methyl sites for hydroxylation is 2. The maximum Gasteiger partial charge on any atom is 0.132 e. The van der Waals surface area contributed by atoms with Crippen LogP contribution in [0.15, 0.2) is 54.7 Å². The summed E-state index contributed by atoms with van der Waals surface area (Å²) in [6.45, 7) is 2.91. The van der Waals surface area contributed by atoms with E-state index in [1.54, 1.807) is 12.3 Å². The SMILES string of the molecule is Cc1ccc(F)c(-c2nc3n(c2-c2ccc4ncccc4c2)CCC3)c1. The number of halogens is 1. The molecule has 0 unspecified atom stereocenters. The maximum absolute atomic E-state index is 14.6. The Balaban J connectivity index is 1.78. The molecule has 2 aromatic heterocycles. The second-order valence-corrected chi connectivity index (χ2v) is 6.87.